The first-order valence-electron chi connectivity index (χ1n) is 0. The molecule has 4 N–H and O–H groups in total. The van der Waals surface area contributed by atoms with Crippen LogP contribution in [0.2, 0.25) is 0 Å². The van der Waals surface area contributed by atoms with Crippen molar-refractivity contribution in [3.05, 3.63) is 0 Å². The summed E-state index contributed by atoms with van der Waals surface area (Å²) in [5, 5.41) is 0. The van der Waals surface area contributed by atoms with Crippen molar-refractivity contribution in [1.29, 1.82) is 0 Å². The maximum atomic E-state index is 0. The Morgan fingerprint density at radius 2 is 0.500 bits per heavy atom. The second-order valence-electron chi connectivity index (χ2n) is 0. The van der Waals surface area contributed by atoms with E-state index in [4.69, 9.17) is 0 Å². The average molecular weight is 247 g/mol. The second-order valence-corrected chi connectivity index (χ2v) is 0. The van der Waals surface area contributed by atoms with E-state index in [1.807, 2.05) is 0 Å². The van der Waals surface area contributed by atoms with Crippen molar-refractivity contribution in [3.63, 3.8) is 0 Å². The molecule has 0 aromatic rings. The molecule has 6 heteroatoms. The van der Waals surface area contributed by atoms with Gasteiger partial charge in [0.2, 0.25) is 0 Å². The van der Waals surface area contributed by atoms with Crippen molar-refractivity contribution in [2.45, 2.75) is 0 Å². The molecule has 0 aliphatic heterocycles. The summed E-state index contributed by atoms with van der Waals surface area (Å²) >= 11 is 0. The van der Waals surface area contributed by atoms with Crippen molar-refractivity contribution in [1.82, 2.24) is 0 Å². The maximum Gasteiger partial charge on any atom is 3.00 e. The van der Waals surface area contributed by atoms with E-state index < -0.39 is 0 Å². The van der Waals surface area contributed by atoms with E-state index in [0.29, 0.717) is 0 Å². The molecular formula is H4CeKO4. The monoisotopic (exact) mass is 247 g/mol. The summed E-state index contributed by atoms with van der Waals surface area (Å²) < 4.78 is 0. The Bertz CT molecular complexity index is 7.51. The van der Waals surface area contributed by atoms with E-state index in [2.05, 4.69) is 0 Å². The Balaban J connectivity index is 0. The molecule has 0 rings (SSSR count). The molecule has 0 spiro atoms. The molecule has 0 aliphatic carbocycles. The molecule has 0 aromatic heterocycles. The van der Waals surface area contributed by atoms with Gasteiger partial charge in [0.25, 0.3) is 0 Å². The summed E-state index contributed by atoms with van der Waals surface area (Å²) in [7, 11) is 0. The van der Waals surface area contributed by atoms with Crippen LogP contribution >= 0.6 is 0 Å². The van der Waals surface area contributed by atoms with E-state index in [1.165, 1.54) is 0 Å². The molecule has 0 amide bonds. The third kappa shape index (κ3) is 28.8. The van der Waals surface area contributed by atoms with Gasteiger partial charge >= 0.3 is 93.1 Å². The smallest absolute Gasteiger partial charge is 0.870 e. The Kier molecular flexibility index (Phi) is 507. The molecule has 1 radical (unpaired) electrons. The molecule has 0 unspecified atom stereocenters. The third-order valence-electron chi connectivity index (χ3n) is 0. The van der Waals surface area contributed by atoms with Gasteiger partial charge in [-0.1, -0.05) is 0 Å². The Hall–Kier alpha value is 2.85. The summed E-state index contributed by atoms with van der Waals surface area (Å²) in [4.78, 5) is 0. The first-order chi connectivity index (χ1) is 0. The molecule has 4 nitrogen and oxygen atoms in total. The predicted molar refractivity (Wildman–Crippen MR) is 7.74 cm³/mol. The van der Waals surface area contributed by atoms with E-state index >= 15 is 0 Å². The quantitative estimate of drug-likeness (QED) is 0.409. The Labute approximate surface area is 112 Å². The molecule has 0 saturated carbocycles. The minimum Gasteiger partial charge on any atom is -0.870 e. The molecule has 0 heterocycles. The van der Waals surface area contributed by atoms with Crippen molar-refractivity contribution in [2.24, 2.45) is 0 Å². The van der Waals surface area contributed by atoms with Crippen molar-refractivity contribution < 1.29 is 115 Å². The zero-order chi connectivity index (χ0) is 0. The van der Waals surface area contributed by atoms with Crippen LogP contribution in [-0.4, -0.2) is 21.9 Å². The molecule has 0 aromatic carbocycles. The van der Waals surface area contributed by atoms with Gasteiger partial charge in [-0.3, -0.25) is 0 Å². The standard InChI is InChI=1S/Ce.K.4H2O/h;;4*1H2/q+3;+1;;;;/p-4. The first-order valence-corrected chi connectivity index (χ1v) is 0. The van der Waals surface area contributed by atoms with Gasteiger partial charge in [0.05, 0.1) is 0 Å². The first kappa shape index (κ1) is 67.1. The zero-order valence-electron chi connectivity index (χ0n) is 3.29. The van der Waals surface area contributed by atoms with Crippen LogP contribution < -0.4 is 51.4 Å². The molecule has 6 heavy (non-hydrogen) atoms. The van der Waals surface area contributed by atoms with Crippen LogP contribution in [-0.2, 0) is 0 Å². The fourth-order valence-corrected chi connectivity index (χ4v) is 0. The largest absolute Gasteiger partial charge is 3.00 e. The minimum atomic E-state index is 0. The summed E-state index contributed by atoms with van der Waals surface area (Å²) in [6.07, 6.45) is 0. The maximum absolute atomic E-state index is 0. The van der Waals surface area contributed by atoms with Crippen molar-refractivity contribution >= 4 is 0 Å². The van der Waals surface area contributed by atoms with Gasteiger partial charge in [-0.15, -0.1) is 0 Å². The molecule has 0 fully saturated rings. The fraction of sp³-hybridized carbons (Fsp3) is 0. The van der Waals surface area contributed by atoms with Gasteiger partial charge in [0.15, 0.2) is 0 Å². The summed E-state index contributed by atoms with van der Waals surface area (Å²) in [5.74, 6) is 0. The number of rotatable bonds is 0. The summed E-state index contributed by atoms with van der Waals surface area (Å²) in [6, 6.07) is 0. The zero-order valence-corrected chi connectivity index (χ0v) is 9.55. The van der Waals surface area contributed by atoms with E-state index in [-0.39, 0.29) is 115 Å². The van der Waals surface area contributed by atoms with E-state index in [9.17, 15) is 0 Å². The van der Waals surface area contributed by atoms with E-state index in [0.717, 1.165) is 0 Å². The molecule has 0 saturated heterocycles. The molecule has 33 valence electrons. The van der Waals surface area contributed by atoms with Crippen LogP contribution in [0.4, 0.5) is 0 Å². The average Bonchev–Trinajstić information content (AvgIpc) is 0. The summed E-state index contributed by atoms with van der Waals surface area (Å²) in [6.45, 7) is 0. The number of hydrogen-bond acceptors (Lipinski definition) is 4. The Morgan fingerprint density at radius 1 is 0.500 bits per heavy atom. The third-order valence-corrected chi connectivity index (χ3v) is 0. The van der Waals surface area contributed by atoms with E-state index in [1.54, 1.807) is 0 Å². The molecule has 0 atom stereocenters. The molecule has 0 bridgehead atoms. The summed E-state index contributed by atoms with van der Waals surface area (Å²) in [5.41, 5.74) is 0. The van der Waals surface area contributed by atoms with Gasteiger partial charge in [0, 0.05) is 0 Å². The topological polar surface area (TPSA) is 120 Å². The van der Waals surface area contributed by atoms with Gasteiger partial charge < -0.3 is 21.9 Å². The Morgan fingerprint density at radius 3 is 0.500 bits per heavy atom. The van der Waals surface area contributed by atoms with Crippen molar-refractivity contribution in [2.75, 3.05) is 0 Å². The molecule has 0 aliphatic rings. The van der Waals surface area contributed by atoms with Crippen LogP contribution in [0.15, 0.2) is 0 Å². The second kappa shape index (κ2) is 45.3. The van der Waals surface area contributed by atoms with Gasteiger partial charge in [-0.25, -0.2) is 0 Å². The van der Waals surface area contributed by atoms with Crippen LogP contribution in [0.25, 0.3) is 0 Å². The van der Waals surface area contributed by atoms with Crippen molar-refractivity contribution in [3.8, 4) is 0 Å². The van der Waals surface area contributed by atoms with Gasteiger partial charge in [-0.2, -0.15) is 0 Å². The van der Waals surface area contributed by atoms with Crippen LogP contribution in [0.1, 0.15) is 0 Å². The van der Waals surface area contributed by atoms with Gasteiger partial charge in [-0.05, 0) is 0 Å². The van der Waals surface area contributed by atoms with Gasteiger partial charge in [0.1, 0.15) is 0 Å². The van der Waals surface area contributed by atoms with Crippen LogP contribution in [0.3, 0.4) is 0 Å². The molecular weight excluding hydrogens is 243 g/mol. The minimum absolute atomic E-state index is 0. The van der Waals surface area contributed by atoms with Crippen LogP contribution in [0, 0.1) is 41.7 Å². The van der Waals surface area contributed by atoms with Crippen LogP contribution in [0.5, 0.6) is 0 Å². The number of hydrogen-bond donors (Lipinski definition) is 0. The SMILES string of the molecule is [Ce+3].[K+].[OH-].[OH-].[OH-].[OH-]. The fourth-order valence-electron chi connectivity index (χ4n) is 0. The predicted octanol–water partition coefficient (Wildman–Crippen LogP) is -3.70. The normalized spacial score (nSPS) is 0.